The van der Waals surface area contributed by atoms with Crippen LogP contribution in [0.15, 0.2) is 40.8 Å². The highest BCUT2D eigenvalue weighted by Gasteiger charge is 2.16. The Morgan fingerprint density at radius 3 is 2.44 bits per heavy atom. The van der Waals surface area contributed by atoms with Gasteiger partial charge in [-0.05, 0) is 51.1 Å². The first-order valence-electron chi connectivity index (χ1n) is 7.85. The molecule has 134 valence electrons. The zero-order valence-corrected chi connectivity index (χ0v) is 15.1. The van der Waals surface area contributed by atoms with Crippen LogP contribution in [0.3, 0.4) is 0 Å². The second kappa shape index (κ2) is 8.07. The number of hydrogen-bond donors (Lipinski definition) is 2. The number of carbonyl (C=O) groups is 2. The quantitative estimate of drug-likeness (QED) is 0.821. The first-order chi connectivity index (χ1) is 11.7. The second-order valence-corrected chi connectivity index (χ2v) is 6.83. The standard InChI is InChI=1S/C18H21ClN2O4/c1-18(2,3)25-17(23)20-11-10-15(22)21-16-9-8-14(24-16)12-4-6-13(19)7-5-12/h4-9H,10-11H2,1-3H3,(H,20,23)(H,21,22). The highest BCUT2D eigenvalue weighted by atomic mass is 35.5. The summed E-state index contributed by atoms with van der Waals surface area (Å²) in [6.45, 7) is 5.49. The first-order valence-corrected chi connectivity index (χ1v) is 8.23. The molecule has 0 radical (unpaired) electrons. The molecule has 0 bridgehead atoms. The molecule has 1 aromatic carbocycles. The lowest BCUT2D eigenvalue weighted by molar-refractivity contribution is -0.116. The number of benzene rings is 1. The van der Waals surface area contributed by atoms with E-state index in [0.717, 1.165) is 5.56 Å². The predicted octanol–water partition coefficient (Wildman–Crippen LogP) is 4.45. The number of amides is 2. The van der Waals surface area contributed by atoms with Crippen molar-refractivity contribution in [2.24, 2.45) is 0 Å². The minimum atomic E-state index is -0.571. The number of carbonyl (C=O) groups excluding carboxylic acids is 2. The average molecular weight is 365 g/mol. The molecule has 0 aliphatic heterocycles. The summed E-state index contributed by atoms with van der Waals surface area (Å²) in [4.78, 5) is 23.4. The van der Waals surface area contributed by atoms with E-state index in [2.05, 4.69) is 10.6 Å². The van der Waals surface area contributed by atoms with Gasteiger partial charge in [-0.15, -0.1) is 0 Å². The number of rotatable bonds is 5. The van der Waals surface area contributed by atoms with Crippen molar-refractivity contribution in [1.82, 2.24) is 5.32 Å². The fraction of sp³-hybridized carbons (Fsp3) is 0.333. The van der Waals surface area contributed by atoms with Crippen LogP contribution in [-0.4, -0.2) is 24.1 Å². The van der Waals surface area contributed by atoms with Crippen LogP contribution in [0.2, 0.25) is 5.02 Å². The summed E-state index contributed by atoms with van der Waals surface area (Å²) in [5.74, 6) is 0.694. The Morgan fingerprint density at radius 1 is 1.12 bits per heavy atom. The third-order valence-electron chi connectivity index (χ3n) is 3.02. The molecule has 2 rings (SSSR count). The number of alkyl carbamates (subject to hydrolysis) is 1. The van der Waals surface area contributed by atoms with E-state index >= 15 is 0 Å². The number of nitrogens with one attached hydrogen (secondary N) is 2. The third kappa shape index (κ3) is 6.51. The van der Waals surface area contributed by atoms with Gasteiger partial charge in [0.15, 0.2) is 5.88 Å². The topological polar surface area (TPSA) is 80.6 Å². The Balaban J connectivity index is 1.79. The van der Waals surface area contributed by atoms with Gasteiger partial charge in [-0.3, -0.25) is 10.1 Å². The van der Waals surface area contributed by atoms with Gasteiger partial charge in [-0.25, -0.2) is 4.79 Å². The maximum absolute atomic E-state index is 11.9. The molecule has 1 heterocycles. The van der Waals surface area contributed by atoms with E-state index in [1.807, 2.05) is 12.1 Å². The lowest BCUT2D eigenvalue weighted by Gasteiger charge is -2.19. The van der Waals surface area contributed by atoms with Crippen molar-refractivity contribution in [3.8, 4) is 11.3 Å². The summed E-state index contributed by atoms with van der Waals surface area (Å²) < 4.78 is 10.7. The Morgan fingerprint density at radius 2 is 1.80 bits per heavy atom. The van der Waals surface area contributed by atoms with Crippen LogP contribution in [0, 0.1) is 0 Å². The van der Waals surface area contributed by atoms with E-state index < -0.39 is 11.7 Å². The third-order valence-corrected chi connectivity index (χ3v) is 3.27. The number of halogens is 1. The monoisotopic (exact) mass is 364 g/mol. The summed E-state index contributed by atoms with van der Waals surface area (Å²) in [6, 6.07) is 10.6. The van der Waals surface area contributed by atoms with E-state index in [0.29, 0.717) is 16.7 Å². The van der Waals surface area contributed by atoms with Gasteiger partial charge in [0.05, 0.1) is 0 Å². The van der Waals surface area contributed by atoms with Gasteiger partial charge in [0.1, 0.15) is 11.4 Å². The molecule has 0 aliphatic carbocycles. The number of hydrogen-bond acceptors (Lipinski definition) is 4. The molecular formula is C18H21ClN2O4. The molecule has 0 atom stereocenters. The van der Waals surface area contributed by atoms with Gasteiger partial charge in [-0.2, -0.15) is 0 Å². The lowest BCUT2D eigenvalue weighted by atomic mass is 10.2. The number of anilines is 1. The molecule has 0 fully saturated rings. The number of ether oxygens (including phenoxy) is 1. The fourth-order valence-corrected chi connectivity index (χ4v) is 2.09. The maximum Gasteiger partial charge on any atom is 0.407 e. The van der Waals surface area contributed by atoms with Crippen LogP contribution in [0.4, 0.5) is 10.7 Å². The van der Waals surface area contributed by atoms with Gasteiger partial charge < -0.3 is 14.5 Å². The van der Waals surface area contributed by atoms with Gasteiger partial charge in [0.2, 0.25) is 5.91 Å². The SMILES string of the molecule is CC(C)(C)OC(=O)NCCC(=O)Nc1ccc(-c2ccc(Cl)cc2)o1. The van der Waals surface area contributed by atoms with Crippen LogP contribution in [0.1, 0.15) is 27.2 Å². The molecule has 25 heavy (non-hydrogen) atoms. The zero-order valence-electron chi connectivity index (χ0n) is 14.4. The molecule has 0 unspecified atom stereocenters. The minimum absolute atomic E-state index is 0.107. The summed E-state index contributed by atoms with van der Waals surface area (Å²) in [7, 11) is 0. The second-order valence-electron chi connectivity index (χ2n) is 6.40. The molecule has 0 aliphatic rings. The largest absolute Gasteiger partial charge is 0.444 e. The summed E-state index contributed by atoms with van der Waals surface area (Å²) >= 11 is 5.85. The molecule has 0 saturated heterocycles. The lowest BCUT2D eigenvalue weighted by Crippen LogP contribution is -2.34. The molecular weight excluding hydrogens is 344 g/mol. The normalized spacial score (nSPS) is 11.0. The summed E-state index contributed by atoms with van der Waals surface area (Å²) in [5.41, 5.74) is 0.287. The van der Waals surface area contributed by atoms with Crippen LogP contribution in [0.5, 0.6) is 0 Å². The van der Waals surface area contributed by atoms with E-state index in [-0.39, 0.29) is 18.9 Å². The van der Waals surface area contributed by atoms with E-state index in [1.165, 1.54) is 0 Å². The molecule has 1 aromatic heterocycles. The van der Waals surface area contributed by atoms with Crippen molar-refractivity contribution < 1.29 is 18.7 Å². The van der Waals surface area contributed by atoms with Crippen molar-refractivity contribution in [2.45, 2.75) is 32.8 Å². The van der Waals surface area contributed by atoms with E-state index in [4.69, 9.17) is 20.8 Å². The molecule has 6 nitrogen and oxygen atoms in total. The fourth-order valence-electron chi connectivity index (χ4n) is 1.97. The van der Waals surface area contributed by atoms with Crippen molar-refractivity contribution in [2.75, 3.05) is 11.9 Å². The molecule has 2 N–H and O–H groups in total. The zero-order chi connectivity index (χ0) is 18.4. The Hall–Kier alpha value is -2.47. The van der Waals surface area contributed by atoms with Crippen molar-refractivity contribution in [3.63, 3.8) is 0 Å². The summed E-state index contributed by atoms with van der Waals surface area (Å²) in [6.07, 6.45) is -0.445. The minimum Gasteiger partial charge on any atom is -0.444 e. The highest BCUT2D eigenvalue weighted by Crippen LogP contribution is 2.26. The van der Waals surface area contributed by atoms with E-state index in [9.17, 15) is 9.59 Å². The first kappa shape index (κ1) is 18.9. The Kier molecular flexibility index (Phi) is 6.09. The highest BCUT2D eigenvalue weighted by molar-refractivity contribution is 6.30. The van der Waals surface area contributed by atoms with Crippen LogP contribution < -0.4 is 10.6 Å². The average Bonchev–Trinajstić information content (AvgIpc) is 2.94. The van der Waals surface area contributed by atoms with Crippen molar-refractivity contribution >= 4 is 29.5 Å². The molecule has 0 spiro atoms. The van der Waals surface area contributed by atoms with Gasteiger partial charge >= 0.3 is 6.09 Å². The maximum atomic E-state index is 11.9. The van der Waals surface area contributed by atoms with E-state index in [1.54, 1.807) is 45.0 Å². The predicted molar refractivity (Wildman–Crippen MR) is 96.6 cm³/mol. The molecule has 7 heteroatoms. The Bertz CT molecular complexity index is 732. The molecule has 0 saturated carbocycles. The van der Waals surface area contributed by atoms with Gasteiger partial charge in [-0.1, -0.05) is 11.6 Å². The molecule has 2 amide bonds. The van der Waals surface area contributed by atoms with Gasteiger partial charge in [0.25, 0.3) is 0 Å². The Labute approximate surface area is 151 Å². The summed E-state index contributed by atoms with van der Waals surface area (Å²) in [5, 5.41) is 5.81. The van der Waals surface area contributed by atoms with Gasteiger partial charge in [0, 0.05) is 29.6 Å². The molecule has 2 aromatic rings. The van der Waals surface area contributed by atoms with Crippen LogP contribution in [-0.2, 0) is 9.53 Å². The van der Waals surface area contributed by atoms with Crippen LogP contribution in [0.25, 0.3) is 11.3 Å². The van der Waals surface area contributed by atoms with Crippen molar-refractivity contribution in [3.05, 3.63) is 41.4 Å². The van der Waals surface area contributed by atoms with Crippen molar-refractivity contribution in [1.29, 1.82) is 0 Å². The number of furan rings is 1. The van der Waals surface area contributed by atoms with Crippen LogP contribution >= 0.6 is 11.6 Å². The smallest absolute Gasteiger partial charge is 0.407 e.